The Labute approximate surface area is 203 Å². The van der Waals surface area contributed by atoms with Crippen LogP contribution in [0.15, 0.2) is 16.9 Å². The lowest BCUT2D eigenvalue weighted by Gasteiger charge is -2.44. The number of ether oxygens (including phenoxy) is 1. The van der Waals surface area contributed by atoms with E-state index in [1.165, 1.54) is 17.7 Å². The summed E-state index contributed by atoms with van der Waals surface area (Å²) in [5.74, 6) is 1.30. The molecule has 2 saturated heterocycles. The van der Waals surface area contributed by atoms with E-state index in [1.54, 1.807) is 6.21 Å². The SMILES string of the molecule is Cc1nsc2nc(NC(C=NC3CCOCC3)=CN)nc(NC3CCC(N4CC(O)C4)CC3)c12. The van der Waals surface area contributed by atoms with Crippen LogP contribution in [0.5, 0.6) is 0 Å². The van der Waals surface area contributed by atoms with Crippen molar-refractivity contribution in [1.29, 1.82) is 0 Å². The lowest BCUT2D eigenvalue weighted by atomic mass is 9.88. The number of anilines is 2. The van der Waals surface area contributed by atoms with Crippen LogP contribution < -0.4 is 16.4 Å². The standard InChI is InChI=1S/C23H34N8O2S/c1-14-20-21(26-16-2-4-18(5-3-16)31-12-19(32)13-31)28-23(29-22(20)34-30-14)27-17(10-24)11-25-15-6-8-33-9-7-15/h10-11,15-16,18-19,32H,2-9,12-13,24H2,1H3,(H2,26,27,28,29). The zero-order valence-electron chi connectivity index (χ0n) is 19.6. The molecule has 11 heteroatoms. The molecule has 1 saturated carbocycles. The first-order chi connectivity index (χ1) is 16.6. The Morgan fingerprint density at radius 1 is 1.18 bits per heavy atom. The van der Waals surface area contributed by atoms with E-state index in [4.69, 9.17) is 15.5 Å². The second-order valence-electron chi connectivity index (χ2n) is 9.47. The first kappa shape index (κ1) is 23.4. The first-order valence-electron chi connectivity index (χ1n) is 12.2. The number of β-amino-alcohol motifs (C(OH)–C–C–N with tert-alkyl or cyclic N) is 1. The number of hydrogen-bond acceptors (Lipinski definition) is 11. The number of nitrogens with two attached hydrogens (primary N) is 1. The normalized spacial score (nSPS) is 25.6. The Balaban J connectivity index is 1.27. The Hall–Kier alpha value is -2.34. The summed E-state index contributed by atoms with van der Waals surface area (Å²) in [5.41, 5.74) is 7.46. The van der Waals surface area contributed by atoms with Gasteiger partial charge in [-0.25, -0.2) is 0 Å². The van der Waals surface area contributed by atoms with Crippen molar-refractivity contribution in [3.8, 4) is 0 Å². The van der Waals surface area contributed by atoms with Gasteiger partial charge in [0, 0.05) is 50.8 Å². The number of hydrogen-bond donors (Lipinski definition) is 4. The predicted molar refractivity (Wildman–Crippen MR) is 135 cm³/mol. The molecule has 5 rings (SSSR count). The topological polar surface area (TPSA) is 134 Å². The van der Waals surface area contributed by atoms with E-state index in [0.29, 0.717) is 23.7 Å². The van der Waals surface area contributed by atoms with Gasteiger partial charge in [0.2, 0.25) is 5.95 Å². The number of nitrogens with one attached hydrogen (secondary N) is 2. The van der Waals surface area contributed by atoms with Crippen molar-refractivity contribution in [2.24, 2.45) is 10.7 Å². The second-order valence-corrected chi connectivity index (χ2v) is 10.2. The lowest BCUT2D eigenvalue weighted by Crippen LogP contribution is -2.56. The molecular weight excluding hydrogens is 452 g/mol. The Kier molecular flexibility index (Phi) is 7.23. The zero-order valence-corrected chi connectivity index (χ0v) is 20.4. The van der Waals surface area contributed by atoms with Gasteiger partial charge in [-0.1, -0.05) is 0 Å². The average Bonchev–Trinajstić information content (AvgIpc) is 3.21. The monoisotopic (exact) mass is 486 g/mol. The third-order valence-electron chi connectivity index (χ3n) is 7.00. The van der Waals surface area contributed by atoms with Gasteiger partial charge >= 0.3 is 0 Å². The fourth-order valence-corrected chi connectivity index (χ4v) is 5.76. The molecule has 4 heterocycles. The number of likely N-dealkylation sites (tertiary alicyclic amines) is 1. The van der Waals surface area contributed by atoms with Crippen molar-refractivity contribution >= 4 is 39.7 Å². The van der Waals surface area contributed by atoms with Crippen molar-refractivity contribution in [3.05, 3.63) is 17.6 Å². The molecular formula is C23H34N8O2S. The maximum absolute atomic E-state index is 9.60. The number of aliphatic hydroxyl groups excluding tert-OH is 1. The summed E-state index contributed by atoms with van der Waals surface area (Å²) in [4.78, 5) is 17.4. The van der Waals surface area contributed by atoms with Crippen LogP contribution in [0.4, 0.5) is 11.8 Å². The maximum Gasteiger partial charge on any atom is 0.230 e. The molecule has 3 fully saturated rings. The van der Waals surface area contributed by atoms with Crippen LogP contribution in [0.3, 0.4) is 0 Å². The van der Waals surface area contributed by atoms with Crippen LogP contribution >= 0.6 is 11.5 Å². The molecule has 3 aliphatic rings. The number of aromatic nitrogens is 3. The van der Waals surface area contributed by atoms with Gasteiger partial charge in [0.15, 0.2) is 4.83 Å². The number of aryl methyl sites for hydroxylation is 1. The summed E-state index contributed by atoms with van der Waals surface area (Å²) in [7, 11) is 0. The number of aliphatic imine (C=N–C) groups is 1. The summed E-state index contributed by atoms with van der Waals surface area (Å²) in [6.07, 6.45) is 9.39. The van der Waals surface area contributed by atoms with Gasteiger partial charge in [0.25, 0.3) is 0 Å². The molecule has 2 aromatic heterocycles. The molecule has 34 heavy (non-hydrogen) atoms. The maximum atomic E-state index is 9.60. The predicted octanol–water partition coefficient (Wildman–Crippen LogP) is 2.26. The van der Waals surface area contributed by atoms with Crippen LogP contribution in [0.1, 0.15) is 44.2 Å². The number of nitrogens with zero attached hydrogens (tertiary/aromatic N) is 5. The van der Waals surface area contributed by atoms with Crippen LogP contribution in [0.25, 0.3) is 10.2 Å². The number of rotatable bonds is 7. The second kappa shape index (κ2) is 10.5. The minimum absolute atomic E-state index is 0.140. The van der Waals surface area contributed by atoms with Crippen molar-refractivity contribution in [3.63, 3.8) is 0 Å². The number of allylic oxidation sites excluding steroid dienone is 1. The van der Waals surface area contributed by atoms with Gasteiger partial charge in [0.05, 0.1) is 28.9 Å². The molecule has 184 valence electrons. The molecule has 2 aliphatic heterocycles. The van der Waals surface area contributed by atoms with Gasteiger partial charge in [-0.15, -0.1) is 0 Å². The first-order valence-corrected chi connectivity index (χ1v) is 13.0. The minimum Gasteiger partial charge on any atom is -0.403 e. The van der Waals surface area contributed by atoms with E-state index in [1.807, 2.05) is 6.92 Å². The highest BCUT2D eigenvalue weighted by Gasteiger charge is 2.33. The molecule has 0 bridgehead atoms. The molecule has 0 unspecified atom stereocenters. The number of aliphatic hydroxyl groups is 1. The number of fused-ring (bicyclic) bond motifs is 1. The van der Waals surface area contributed by atoms with Gasteiger partial charge in [-0.3, -0.25) is 9.89 Å². The van der Waals surface area contributed by atoms with Gasteiger partial charge in [0.1, 0.15) is 5.82 Å². The smallest absolute Gasteiger partial charge is 0.230 e. The van der Waals surface area contributed by atoms with Crippen LogP contribution in [0.2, 0.25) is 0 Å². The molecule has 5 N–H and O–H groups in total. The average molecular weight is 487 g/mol. The molecule has 0 atom stereocenters. The highest BCUT2D eigenvalue weighted by atomic mass is 32.1. The van der Waals surface area contributed by atoms with Crippen molar-refractivity contribution in [2.45, 2.75) is 69.7 Å². The molecule has 0 amide bonds. The zero-order chi connectivity index (χ0) is 23.5. The fourth-order valence-electron chi connectivity index (χ4n) is 4.98. The summed E-state index contributed by atoms with van der Waals surface area (Å²) < 4.78 is 9.92. The summed E-state index contributed by atoms with van der Waals surface area (Å²) >= 11 is 1.38. The molecule has 10 nitrogen and oxygen atoms in total. The van der Waals surface area contributed by atoms with E-state index in [2.05, 4.69) is 29.9 Å². The quantitative estimate of drug-likeness (QED) is 0.435. The Morgan fingerprint density at radius 2 is 1.94 bits per heavy atom. The third kappa shape index (κ3) is 5.32. The fraction of sp³-hybridized carbons (Fsp3) is 0.652. The van der Waals surface area contributed by atoms with E-state index < -0.39 is 0 Å². The minimum atomic E-state index is -0.140. The van der Waals surface area contributed by atoms with Crippen LogP contribution in [-0.2, 0) is 4.74 Å². The van der Waals surface area contributed by atoms with Crippen molar-refractivity contribution < 1.29 is 9.84 Å². The summed E-state index contributed by atoms with van der Waals surface area (Å²) in [5, 5.41) is 17.5. The van der Waals surface area contributed by atoms with Crippen molar-refractivity contribution in [1.82, 2.24) is 19.2 Å². The van der Waals surface area contributed by atoms with Gasteiger partial charge in [-0.2, -0.15) is 14.3 Å². The van der Waals surface area contributed by atoms with E-state index in [-0.39, 0.29) is 12.1 Å². The van der Waals surface area contributed by atoms with E-state index >= 15 is 0 Å². The Morgan fingerprint density at radius 3 is 2.65 bits per heavy atom. The molecule has 0 radical (unpaired) electrons. The lowest BCUT2D eigenvalue weighted by molar-refractivity contribution is -0.0337. The van der Waals surface area contributed by atoms with E-state index in [9.17, 15) is 5.11 Å². The third-order valence-corrected chi connectivity index (χ3v) is 7.84. The molecule has 0 aromatic carbocycles. The van der Waals surface area contributed by atoms with Gasteiger partial charge < -0.3 is 26.2 Å². The highest BCUT2D eigenvalue weighted by Crippen LogP contribution is 2.32. The largest absolute Gasteiger partial charge is 0.403 e. The Bertz CT molecular complexity index is 1040. The van der Waals surface area contributed by atoms with Crippen LogP contribution in [-0.4, -0.2) is 81.1 Å². The van der Waals surface area contributed by atoms with Gasteiger partial charge in [-0.05, 0) is 57.0 Å². The summed E-state index contributed by atoms with van der Waals surface area (Å²) in [6.45, 7) is 5.13. The molecule has 2 aromatic rings. The molecule has 0 spiro atoms. The highest BCUT2D eigenvalue weighted by molar-refractivity contribution is 7.13. The molecule has 1 aliphatic carbocycles. The van der Waals surface area contributed by atoms with Crippen LogP contribution in [0, 0.1) is 6.92 Å². The summed E-state index contributed by atoms with van der Waals surface area (Å²) in [6, 6.07) is 1.19. The van der Waals surface area contributed by atoms with E-state index in [0.717, 1.165) is 86.6 Å². The van der Waals surface area contributed by atoms with Crippen molar-refractivity contribution in [2.75, 3.05) is 36.9 Å².